The molecular weight excluding hydrogens is 164 g/mol. The summed E-state index contributed by atoms with van der Waals surface area (Å²) in [6, 6.07) is -0.400. The van der Waals surface area contributed by atoms with Crippen LogP contribution in [-0.2, 0) is 7.05 Å². The molecule has 1 rings (SSSR count). The zero-order valence-corrected chi connectivity index (χ0v) is 6.96. The van der Waals surface area contributed by atoms with Crippen molar-refractivity contribution in [2.45, 2.75) is 19.4 Å². The lowest BCUT2D eigenvalue weighted by Crippen LogP contribution is -2.06. The summed E-state index contributed by atoms with van der Waals surface area (Å²) in [6.45, 7) is 1.66. The Bertz CT molecular complexity index is 242. The smallest absolute Gasteiger partial charge is 0.282 e. The molecule has 0 aliphatic rings. The van der Waals surface area contributed by atoms with E-state index in [1.54, 1.807) is 14.0 Å². The van der Waals surface area contributed by atoms with Crippen LogP contribution in [0.4, 0.5) is 8.78 Å². The predicted molar refractivity (Wildman–Crippen MR) is 40.8 cm³/mol. The summed E-state index contributed by atoms with van der Waals surface area (Å²) in [7, 11) is 1.60. The molecule has 0 saturated carbocycles. The van der Waals surface area contributed by atoms with E-state index in [0.717, 1.165) is 0 Å². The largest absolute Gasteiger partial charge is 0.324 e. The van der Waals surface area contributed by atoms with E-state index >= 15 is 0 Å². The van der Waals surface area contributed by atoms with E-state index in [2.05, 4.69) is 5.10 Å². The minimum Gasteiger partial charge on any atom is -0.324 e. The number of hydrogen-bond acceptors (Lipinski definition) is 2. The average molecular weight is 175 g/mol. The maximum absolute atomic E-state index is 12.3. The number of nitrogens with two attached hydrogens (primary N) is 1. The minimum absolute atomic E-state index is 0.215. The quantitative estimate of drug-likeness (QED) is 0.737. The molecule has 0 saturated heterocycles. The molecule has 1 aromatic heterocycles. The van der Waals surface area contributed by atoms with Crippen LogP contribution in [0.5, 0.6) is 0 Å². The molecule has 0 aliphatic carbocycles. The molecule has 0 aliphatic heterocycles. The Morgan fingerprint density at radius 2 is 2.17 bits per heavy atom. The Morgan fingerprint density at radius 3 is 2.50 bits per heavy atom. The maximum atomic E-state index is 12.3. The fourth-order valence-corrected chi connectivity index (χ4v) is 1.04. The molecule has 1 aromatic rings. The van der Waals surface area contributed by atoms with E-state index < -0.39 is 12.5 Å². The van der Waals surface area contributed by atoms with E-state index in [4.69, 9.17) is 5.73 Å². The SMILES string of the molecule is C[C@@H](N)c1cn(C)nc1C(F)F. The van der Waals surface area contributed by atoms with Crippen molar-refractivity contribution in [3.8, 4) is 0 Å². The van der Waals surface area contributed by atoms with Gasteiger partial charge in [-0.15, -0.1) is 0 Å². The molecule has 68 valence electrons. The zero-order valence-electron chi connectivity index (χ0n) is 6.96. The number of aromatic nitrogens is 2. The average Bonchev–Trinajstić information content (AvgIpc) is 2.31. The predicted octanol–water partition coefficient (Wildman–Crippen LogP) is 1.38. The lowest BCUT2D eigenvalue weighted by molar-refractivity contribution is 0.143. The normalized spacial score (nSPS) is 13.8. The molecule has 0 bridgehead atoms. The highest BCUT2D eigenvalue weighted by molar-refractivity contribution is 5.21. The molecule has 2 N–H and O–H groups in total. The minimum atomic E-state index is -2.55. The fraction of sp³-hybridized carbons (Fsp3) is 0.571. The van der Waals surface area contributed by atoms with Gasteiger partial charge in [-0.25, -0.2) is 8.78 Å². The van der Waals surface area contributed by atoms with Crippen molar-refractivity contribution < 1.29 is 8.78 Å². The van der Waals surface area contributed by atoms with Gasteiger partial charge in [0.05, 0.1) is 0 Å². The van der Waals surface area contributed by atoms with Gasteiger partial charge in [0.25, 0.3) is 6.43 Å². The van der Waals surface area contributed by atoms with Gasteiger partial charge in [0.1, 0.15) is 5.69 Å². The van der Waals surface area contributed by atoms with Gasteiger partial charge < -0.3 is 5.73 Å². The molecular formula is C7H11F2N3. The molecule has 5 heteroatoms. The van der Waals surface area contributed by atoms with Crippen LogP contribution in [0.3, 0.4) is 0 Å². The first kappa shape index (κ1) is 9.12. The highest BCUT2D eigenvalue weighted by Crippen LogP contribution is 2.24. The first-order valence-corrected chi connectivity index (χ1v) is 3.59. The number of hydrogen-bond donors (Lipinski definition) is 1. The zero-order chi connectivity index (χ0) is 9.30. The van der Waals surface area contributed by atoms with Crippen LogP contribution < -0.4 is 5.73 Å². The van der Waals surface area contributed by atoms with E-state index in [1.807, 2.05) is 0 Å². The Kier molecular flexibility index (Phi) is 2.42. The summed E-state index contributed by atoms with van der Waals surface area (Å²) in [5.41, 5.74) is 5.67. The summed E-state index contributed by atoms with van der Waals surface area (Å²) in [5.74, 6) is 0. The summed E-state index contributed by atoms with van der Waals surface area (Å²) in [5, 5.41) is 3.62. The van der Waals surface area contributed by atoms with Gasteiger partial charge >= 0.3 is 0 Å². The fourth-order valence-electron chi connectivity index (χ4n) is 1.04. The van der Waals surface area contributed by atoms with Gasteiger partial charge in [-0.1, -0.05) is 0 Å². The highest BCUT2D eigenvalue weighted by Gasteiger charge is 2.19. The van der Waals surface area contributed by atoms with Gasteiger partial charge in [-0.2, -0.15) is 5.10 Å². The van der Waals surface area contributed by atoms with Crippen LogP contribution in [0.15, 0.2) is 6.20 Å². The van der Waals surface area contributed by atoms with Gasteiger partial charge in [0.2, 0.25) is 0 Å². The van der Waals surface area contributed by atoms with Crippen LogP contribution in [0.25, 0.3) is 0 Å². The Morgan fingerprint density at radius 1 is 1.58 bits per heavy atom. The topological polar surface area (TPSA) is 43.8 Å². The molecule has 0 spiro atoms. The number of rotatable bonds is 2. The van der Waals surface area contributed by atoms with Crippen LogP contribution in [0, 0.1) is 0 Å². The molecule has 1 atom stereocenters. The second kappa shape index (κ2) is 3.18. The van der Waals surface area contributed by atoms with Gasteiger partial charge in [-0.05, 0) is 6.92 Å². The van der Waals surface area contributed by atoms with Crippen LogP contribution in [0.2, 0.25) is 0 Å². The molecule has 0 unspecified atom stereocenters. The number of nitrogens with zero attached hydrogens (tertiary/aromatic N) is 2. The number of aryl methyl sites for hydroxylation is 1. The van der Waals surface area contributed by atoms with E-state index in [-0.39, 0.29) is 5.69 Å². The summed E-state index contributed by atoms with van der Waals surface area (Å²) in [6.07, 6.45) is -1.03. The van der Waals surface area contributed by atoms with E-state index in [0.29, 0.717) is 5.56 Å². The summed E-state index contributed by atoms with van der Waals surface area (Å²) < 4.78 is 25.9. The van der Waals surface area contributed by atoms with Gasteiger partial charge in [0.15, 0.2) is 0 Å². The lowest BCUT2D eigenvalue weighted by Gasteiger charge is -2.03. The van der Waals surface area contributed by atoms with Crippen molar-refractivity contribution in [3.05, 3.63) is 17.5 Å². The Labute approximate surface area is 69.2 Å². The van der Waals surface area contributed by atoms with Crippen LogP contribution in [0.1, 0.15) is 30.6 Å². The van der Waals surface area contributed by atoms with Gasteiger partial charge in [0, 0.05) is 24.8 Å². The van der Waals surface area contributed by atoms with E-state index in [1.165, 1.54) is 10.9 Å². The number of halogens is 2. The van der Waals surface area contributed by atoms with Crippen molar-refractivity contribution in [2.24, 2.45) is 12.8 Å². The molecule has 1 heterocycles. The second-order valence-electron chi connectivity index (χ2n) is 2.73. The third-order valence-corrected chi connectivity index (χ3v) is 1.58. The molecule has 0 fully saturated rings. The molecule has 12 heavy (non-hydrogen) atoms. The maximum Gasteiger partial charge on any atom is 0.282 e. The van der Waals surface area contributed by atoms with Crippen molar-refractivity contribution in [2.75, 3.05) is 0 Å². The van der Waals surface area contributed by atoms with Crippen molar-refractivity contribution in [1.82, 2.24) is 9.78 Å². The van der Waals surface area contributed by atoms with Gasteiger partial charge in [-0.3, -0.25) is 4.68 Å². The van der Waals surface area contributed by atoms with Crippen molar-refractivity contribution >= 4 is 0 Å². The first-order chi connectivity index (χ1) is 5.52. The molecule has 0 amide bonds. The second-order valence-corrected chi connectivity index (χ2v) is 2.73. The summed E-state index contributed by atoms with van der Waals surface area (Å²) >= 11 is 0. The third-order valence-electron chi connectivity index (χ3n) is 1.58. The molecule has 3 nitrogen and oxygen atoms in total. The number of alkyl halides is 2. The Balaban J connectivity index is 3.08. The van der Waals surface area contributed by atoms with E-state index in [9.17, 15) is 8.78 Å². The Hall–Kier alpha value is -0.970. The standard InChI is InChI=1S/C7H11F2N3/c1-4(10)5-3-12(2)11-6(5)7(8)9/h3-4,7H,10H2,1-2H3/t4-/m1/s1. The highest BCUT2D eigenvalue weighted by atomic mass is 19.3. The lowest BCUT2D eigenvalue weighted by atomic mass is 10.1. The van der Waals surface area contributed by atoms with Crippen molar-refractivity contribution in [1.29, 1.82) is 0 Å². The van der Waals surface area contributed by atoms with Crippen molar-refractivity contribution in [3.63, 3.8) is 0 Å². The van der Waals surface area contributed by atoms with Crippen LogP contribution in [-0.4, -0.2) is 9.78 Å². The molecule has 0 radical (unpaired) electrons. The monoisotopic (exact) mass is 175 g/mol. The third kappa shape index (κ3) is 1.61. The van der Waals surface area contributed by atoms with Crippen LogP contribution >= 0.6 is 0 Å². The molecule has 0 aromatic carbocycles. The summed E-state index contributed by atoms with van der Waals surface area (Å²) in [4.78, 5) is 0. The first-order valence-electron chi connectivity index (χ1n) is 3.59.